The molecule has 0 saturated carbocycles. The smallest absolute Gasteiger partial charge is 0.161 e. The molecule has 1 saturated heterocycles. The maximum atomic E-state index is 5.52. The number of hydrogen-bond acceptors (Lipinski definition) is 5. The van der Waals surface area contributed by atoms with Crippen molar-refractivity contribution in [2.45, 2.75) is 17.6 Å². The second-order valence-corrected chi connectivity index (χ2v) is 7.31. The van der Waals surface area contributed by atoms with Crippen LogP contribution in [0.1, 0.15) is 24.0 Å². The summed E-state index contributed by atoms with van der Waals surface area (Å²) < 4.78 is 21.7. The maximum Gasteiger partial charge on any atom is 0.161 e. The predicted molar refractivity (Wildman–Crippen MR) is 102 cm³/mol. The minimum Gasteiger partial charge on any atom is -0.493 e. The van der Waals surface area contributed by atoms with E-state index in [1.54, 1.807) is 28.4 Å². The molecule has 5 heteroatoms. The molecule has 0 aliphatic carbocycles. The molecule has 0 bridgehead atoms. The number of rotatable bonds is 6. The second kappa shape index (κ2) is 7.48. The van der Waals surface area contributed by atoms with Gasteiger partial charge >= 0.3 is 0 Å². The molecule has 1 fully saturated rings. The van der Waals surface area contributed by atoms with Crippen LogP contribution in [0.2, 0.25) is 0 Å². The number of benzene rings is 2. The third-order valence-electron chi connectivity index (χ3n) is 4.72. The molecule has 2 aromatic rings. The fraction of sp³-hybridized carbons (Fsp3) is 0.400. The quantitative estimate of drug-likeness (QED) is 0.758. The first-order valence-corrected chi connectivity index (χ1v) is 9.26. The Labute approximate surface area is 153 Å². The van der Waals surface area contributed by atoms with E-state index in [2.05, 4.69) is 24.3 Å². The van der Waals surface area contributed by atoms with Crippen molar-refractivity contribution in [3.8, 4) is 23.0 Å². The molecule has 134 valence electrons. The molecule has 1 aliphatic rings. The van der Waals surface area contributed by atoms with Gasteiger partial charge in [0, 0.05) is 0 Å². The molecule has 0 aromatic heterocycles. The Morgan fingerprint density at radius 2 is 1.20 bits per heavy atom. The first-order valence-electron chi connectivity index (χ1n) is 8.27. The van der Waals surface area contributed by atoms with E-state index in [4.69, 9.17) is 18.9 Å². The van der Waals surface area contributed by atoms with Crippen LogP contribution in [-0.2, 0) is 4.75 Å². The standard InChI is InChI=1S/C20H24O4S/c1-21-16-8-6-14(12-18(16)23-3)20(10-5-11-25-20)15-7-9-17(22-2)19(13-15)24-4/h6-9,12-13H,5,10-11H2,1-4H3. The zero-order valence-corrected chi connectivity index (χ0v) is 15.9. The van der Waals surface area contributed by atoms with E-state index in [-0.39, 0.29) is 4.75 Å². The fourth-order valence-corrected chi connectivity index (χ4v) is 4.95. The molecule has 0 atom stereocenters. The molecule has 1 heterocycles. The molecule has 0 amide bonds. The van der Waals surface area contributed by atoms with E-state index in [0.717, 1.165) is 35.2 Å². The number of methoxy groups -OCH3 is 4. The third kappa shape index (κ3) is 3.13. The summed E-state index contributed by atoms with van der Waals surface area (Å²) in [6.07, 6.45) is 2.25. The van der Waals surface area contributed by atoms with Crippen LogP contribution in [0.3, 0.4) is 0 Å². The van der Waals surface area contributed by atoms with Crippen LogP contribution in [0.4, 0.5) is 0 Å². The van der Waals surface area contributed by atoms with Gasteiger partial charge < -0.3 is 18.9 Å². The Balaban J connectivity index is 2.12. The van der Waals surface area contributed by atoms with E-state index in [9.17, 15) is 0 Å². The summed E-state index contributed by atoms with van der Waals surface area (Å²) in [5.41, 5.74) is 2.44. The number of ether oxygens (including phenoxy) is 4. The predicted octanol–water partition coefficient (Wildman–Crippen LogP) is 4.49. The molecule has 0 spiro atoms. The minimum absolute atomic E-state index is 0.112. The molecular weight excluding hydrogens is 336 g/mol. The Kier molecular flexibility index (Phi) is 5.33. The van der Waals surface area contributed by atoms with Gasteiger partial charge in [0.1, 0.15) is 0 Å². The van der Waals surface area contributed by atoms with Crippen LogP contribution in [0.5, 0.6) is 23.0 Å². The highest BCUT2D eigenvalue weighted by Gasteiger charge is 2.39. The molecule has 25 heavy (non-hydrogen) atoms. The maximum absolute atomic E-state index is 5.52. The van der Waals surface area contributed by atoms with Crippen LogP contribution in [0, 0.1) is 0 Å². The lowest BCUT2D eigenvalue weighted by atomic mass is 9.86. The first-order chi connectivity index (χ1) is 12.2. The van der Waals surface area contributed by atoms with Crippen LogP contribution >= 0.6 is 11.8 Å². The van der Waals surface area contributed by atoms with E-state index >= 15 is 0 Å². The van der Waals surface area contributed by atoms with E-state index < -0.39 is 0 Å². The SMILES string of the molecule is COc1ccc(C2(c3ccc(OC)c(OC)c3)CCCS2)cc1OC. The van der Waals surface area contributed by atoms with Crippen molar-refractivity contribution in [1.29, 1.82) is 0 Å². The Morgan fingerprint density at radius 3 is 1.56 bits per heavy atom. The monoisotopic (exact) mass is 360 g/mol. The molecule has 4 nitrogen and oxygen atoms in total. The highest BCUT2D eigenvalue weighted by molar-refractivity contribution is 8.00. The van der Waals surface area contributed by atoms with Gasteiger partial charge in [0.25, 0.3) is 0 Å². The number of thioether (sulfide) groups is 1. The first kappa shape index (κ1) is 17.8. The molecule has 3 rings (SSSR count). The lowest BCUT2D eigenvalue weighted by Gasteiger charge is -2.30. The van der Waals surface area contributed by atoms with Gasteiger partial charge in [-0.25, -0.2) is 0 Å². The summed E-state index contributed by atoms with van der Waals surface area (Å²) in [5.74, 6) is 4.14. The average Bonchev–Trinajstić information content (AvgIpc) is 3.17. The van der Waals surface area contributed by atoms with Crippen molar-refractivity contribution in [1.82, 2.24) is 0 Å². The van der Waals surface area contributed by atoms with Gasteiger partial charge in [-0.3, -0.25) is 0 Å². The lowest BCUT2D eigenvalue weighted by Crippen LogP contribution is -2.20. The highest BCUT2D eigenvalue weighted by atomic mass is 32.2. The molecular formula is C20H24O4S. The molecule has 1 aliphatic heterocycles. The number of hydrogen-bond donors (Lipinski definition) is 0. The van der Waals surface area contributed by atoms with Gasteiger partial charge in [-0.1, -0.05) is 12.1 Å². The zero-order chi connectivity index (χ0) is 17.9. The molecule has 0 radical (unpaired) electrons. The summed E-state index contributed by atoms with van der Waals surface area (Å²) >= 11 is 1.97. The Hall–Kier alpha value is -2.01. The molecule has 0 unspecified atom stereocenters. The van der Waals surface area contributed by atoms with E-state index in [0.29, 0.717) is 0 Å². The van der Waals surface area contributed by atoms with Crippen molar-refractivity contribution >= 4 is 11.8 Å². The average molecular weight is 360 g/mol. The van der Waals surface area contributed by atoms with Crippen molar-refractivity contribution in [3.63, 3.8) is 0 Å². The summed E-state index contributed by atoms with van der Waals surface area (Å²) in [6, 6.07) is 12.4. The molecule has 0 N–H and O–H groups in total. The van der Waals surface area contributed by atoms with Crippen molar-refractivity contribution in [3.05, 3.63) is 47.5 Å². The zero-order valence-electron chi connectivity index (χ0n) is 15.1. The summed E-state index contributed by atoms with van der Waals surface area (Å²) in [7, 11) is 6.66. The lowest BCUT2D eigenvalue weighted by molar-refractivity contribution is 0.353. The van der Waals surface area contributed by atoms with Crippen molar-refractivity contribution in [2.75, 3.05) is 34.2 Å². The van der Waals surface area contributed by atoms with Crippen LogP contribution < -0.4 is 18.9 Å². The van der Waals surface area contributed by atoms with Crippen LogP contribution in [0.25, 0.3) is 0 Å². The van der Waals surface area contributed by atoms with E-state index in [1.807, 2.05) is 23.9 Å². The summed E-state index contributed by atoms with van der Waals surface area (Å²) in [6.45, 7) is 0. The van der Waals surface area contributed by atoms with Gasteiger partial charge in [-0.15, -0.1) is 11.8 Å². The van der Waals surface area contributed by atoms with Gasteiger partial charge in [0.05, 0.1) is 33.2 Å². The third-order valence-corrected chi connectivity index (χ3v) is 6.38. The summed E-state index contributed by atoms with van der Waals surface area (Å²) in [5, 5.41) is 0. The largest absolute Gasteiger partial charge is 0.493 e. The fourth-order valence-electron chi connectivity index (χ4n) is 3.44. The minimum atomic E-state index is -0.112. The second-order valence-electron chi connectivity index (χ2n) is 5.92. The van der Waals surface area contributed by atoms with Gasteiger partial charge in [-0.05, 0) is 54.0 Å². The van der Waals surface area contributed by atoms with Gasteiger partial charge in [0.15, 0.2) is 23.0 Å². The topological polar surface area (TPSA) is 36.9 Å². The molecule has 2 aromatic carbocycles. The highest BCUT2D eigenvalue weighted by Crippen LogP contribution is 2.53. The normalized spacial score (nSPS) is 15.7. The van der Waals surface area contributed by atoms with E-state index in [1.165, 1.54) is 17.5 Å². The van der Waals surface area contributed by atoms with Crippen molar-refractivity contribution < 1.29 is 18.9 Å². The van der Waals surface area contributed by atoms with Gasteiger partial charge in [0.2, 0.25) is 0 Å². The van der Waals surface area contributed by atoms with Crippen LogP contribution in [-0.4, -0.2) is 34.2 Å². The Bertz CT molecular complexity index is 681. The van der Waals surface area contributed by atoms with Gasteiger partial charge in [-0.2, -0.15) is 0 Å². The summed E-state index contributed by atoms with van der Waals surface area (Å²) in [4.78, 5) is 0. The van der Waals surface area contributed by atoms with Crippen molar-refractivity contribution in [2.24, 2.45) is 0 Å². The van der Waals surface area contributed by atoms with Crippen LogP contribution in [0.15, 0.2) is 36.4 Å². The Morgan fingerprint density at radius 1 is 0.720 bits per heavy atom.